The standard InChI is InChI=1S/C30H26N4O4/c1-17-11-21(18(2)32-24-6-4-3-5-20(24)30(35)36)23-15-22(26(16-31)33-25(23)12-17)19-13-27-29-28(14-19)38-10-8-34(29)7-9-37-27/h3-6,11-15,18,32H,7-10H2,1-2H3,(H,35,36)/t18-/m1/s1. The molecule has 1 atom stereocenters. The van der Waals surface area contributed by atoms with Crippen LogP contribution in [0.15, 0.2) is 54.6 Å². The van der Waals surface area contributed by atoms with Crippen molar-refractivity contribution in [2.75, 3.05) is 36.5 Å². The van der Waals surface area contributed by atoms with E-state index in [1.165, 1.54) is 0 Å². The summed E-state index contributed by atoms with van der Waals surface area (Å²) in [4.78, 5) is 18.8. The van der Waals surface area contributed by atoms with Crippen LogP contribution in [0.1, 0.15) is 40.1 Å². The van der Waals surface area contributed by atoms with Crippen LogP contribution in [-0.2, 0) is 0 Å². The molecule has 2 aliphatic rings. The van der Waals surface area contributed by atoms with Gasteiger partial charge in [0.2, 0.25) is 0 Å². The van der Waals surface area contributed by atoms with Crippen molar-refractivity contribution < 1.29 is 19.4 Å². The van der Waals surface area contributed by atoms with Crippen LogP contribution >= 0.6 is 0 Å². The van der Waals surface area contributed by atoms with Gasteiger partial charge in [-0.2, -0.15) is 5.26 Å². The first-order valence-electron chi connectivity index (χ1n) is 12.6. The highest BCUT2D eigenvalue weighted by atomic mass is 16.5. The number of para-hydroxylation sites is 1. The number of hydrogen-bond donors (Lipinski definition) is 2. The third kappa shape index (κ3) is 4.02. The molecule has 6 rings (SSSR count). The Hall–Kier alpha value is -4.77. The quantitative estimate of drug-likeness (QED) is 0.363. The summed E-state index contributed by atoms with van der Waals surface area (Å²) >= 11 is 0. The highest BCUT2D eigenvalue weighted by Crippen LogP contribution is 2.46. The minimum Gasteiger partial charge on any atom is -0.489 e. The number of rotatable bonds is 5. The van der Waals surface area contributed by atoms with Crippen molar-refractivity contribution in [3.05, 3.63) is 77.0 Å². The summed E-state index contributed by atoms with van der Waals surface area (Å²) in [6.07, 6.45) is 0. The maximum Gasteiger partial charge on any atom is 0.337 e. The number of nitrogens with zero attached hydrogens (tertiary/aromatic N) is 3. The van der Waals surface area contributed by atoms with E-state index in [9.17, 15) is 15.2 Å². The lowest BCUT2D eigenvalue weighted by atomic mass is 9.94. The van der Waals surface area contributed by atoms with Gasteiger partial charge in [0.1, 0.15) is 42.2 Å². The average molecular weight is 507 g/mol. The van der Waals surface area contributed by atoms with Gasteiger partial charge in [-0.3, -0.25) is 0 Å². The molecule has 3 aromatic carbocycles. The molecule has 0 aliphatic carbocycles. The summed E-state index contributed by atoms with van der Waals surface area (Å²) in [5.74, 6) is 0.505. The summed E-state index contributed by atoms with van der Waals surface area (Å²) in [5.41, 5.74) is 6.18. The fourth-order valence-corrected chi connectivity index (χ4v) is 5.36. The second kappa shape index (κ2) is 9.27. The molecule has 0 spiro atoms. The molecule has 190 valence electrons. The fraction of sp³-hybridized carbons (Fsp3) is 0.233. The molecule has 38 heavy (non-hydrogen) atoms. The minimum atomic E-state index is -0.989. The summed E-state index contributed by atoms with van der Waals surface area (Å²) in [7, 11) is 0. The molecule has 0 bridgehead atoms. The Morgan fingerprint density at radius 1 is 1.11 bits per heavy atom. The molecule has 4 aromatic rings. The fourth-order valence-electron chi connectivity index (χ4n) is 5.36. The van der Waals surface area contributed by atoms with E-state index < -0.39 is 5.97 Å². The molecule has 3 heterocycles. The largest absolute Gasteiger partial charge is 0.489 e. The summed E-state index contributed by atoms with van der Waals surface area (Å²) in [6.45, 7) is 6.81. The Bertz CT molecular complexity index is 1610. The van der Waals surface area contributed by atoms with E-state index in [0.717, 1.165) is 52.4 Å². The average Bonchev–Trinajstić information content (AvgIpc) is 2.92. The number of benzene rings is 3. The number of pyridine rings is 1. The Labute approximate surface area is 220 Å². The Morgan fingerprint density at radius 2 is 1.82 bits per heavy atom. The number of fused-ring (bicyclic) bond motifs is 1. The van der Waals surface area contributed by atoms with Crippen molar-refractivity contribution in [1.82, 2.24) is 4.98 Å². The number of nitriles is 1. The highest BCUT2D eigenvalue weighted by molar-refractivity contribution is 5.95. The van der Waals surface area contributed by atoms with Gasteiger partial charge in [0.15, 0.2) is 0 Å². The second-order valence-electron chi connectivity index (χ2n) is 9.64. The zero-order chi connectivity index (χ0) is 26.4. The molecule has 0 unspecified atom stereocenters. The van der Waals surface area contributed by atoms with Crippen LogP contribution < -0.4 is 19.7 Å². The molecule has 0 amide bonds. The number of anilines is 2. The summed E-state index contributed by atoms with van der Waals surface area (Å²) in [5, 5.41) is 23.9. The van der Waals surface area contributed by atoms with Crippen LogP contribution in [-0.4, -0.2) is 42.4 Å². The van der Waals surface area contributed by atoms with E-state index in [2.05, 4.69) is 22.4 Å². The van der Waals surface area contributed by atoms with Crippen molar-refractivity contribution in [2.24, 2.45) is 0 Å². The van der Waals surface area contributed by atoms with Crippen molar-refractivity contribution >= 4 is 28.2 Å². The summed E-state index contributed by atoms with van der Waals surface area (Å²) < 4.78 is 12.0. The lowest BCUT2D eigenvalue weighted by Crippen LogP contribution is -2.39. The molecule has 2 N–H and O–H groups in total. The van der Waals surface area contributed by atoms with Crippen LogP contribution in [0.25, 0.3) is 22.0 Å². The molecule has 8 heteroatoms. The van der Waals surface area contributed by atoms with Gasteiger partial charge in [-0.15, -0.1) is 0 Å². The Morgan fingerprint density at radius 3 is 2.50 bits per heavy atom. The number of carboxylic acids is 1. The molecule has 0 radical (unpaired) electrons. The normalized spacial score (nSPS) is 14.6. The first-order chi connectivity index (χ1) is 18.4. The van der Waals surface area contributed by atoms with Gasteiger partial charge in [-0.1, -0.05) is 18.2 Å². The van der Waals surface area contributed by atoms with Crippen molar-refractivity contribution in [3.8, 4) is 28.7 Å². The SMILES string of the molecule is Cc1cc([C@@H](C)Nc2ccccc2C(=O)O)c2cc(-c3cc4c5c(c3)OCCN5CCO4)c(C#N)nc2c1. The third-order valence-corrected chi connectivity index (χ3v) is 7.12. The molecule has 8 nitrogen and oxygen atoms in total. The van der Waals surface area contributed by atoms with Crippen molar-refractivity contribution in [1.29, 1.82) is 5.26 Å². The van der Waals surface area contributed by atoms with E-state index in [1.807, 2.05) is 44.2 Å². The molecule has 2 aliphatic heterocycles. The van der Waals surface area contributed by atoms with Gasteiger partial charge < -0.3 is 24.8 Å². The number of aromatic carboxylic acids is 1. The van der Waals surface area contributed by atoms with Gasteiger partial charge in [-0.05, 0) is 66.9 Å². The van der Waals surface area contributed by atoms with Crippen molar-refractivity contribution in [3.63, 3.8) is 0 Å². The van der Waals surface area contributed by atoms with E-state index in [1.54, 1.807) is 18.2 Å². The van der Waals surface area contributed by atoms with E-state index in [4.69, 9.17) is 14.5 Å². The number of nitrogens with one attached hydrogen (secondary N) is 1. The topological polar surface area (TPSA) is 108 Å². The number of aryl methyl sites for hydroxylation is 1. The molecule has 1 aromatic heterocycles. The van der Waals surface area contributed by atoms with Gasteiger partial charge >= 0.3 is 5.97 Å². The number of carboxylic acid groups (broad SMARTS) is 1. The van der Waals surface area contributed by atoms with Crippen molar-refractivity contribution in [2.45, 2.75) is 19.9 Å². The zero-order valence-corrected chi connectivity index (χ0v) is 21.1. The smallest absolute Gasteiger partial charge is 0.337 e. The number of aromatic nitrogens is 1. The number of ether oxygens (including phenoxy) is 2. The van der Waals surface area contributed by atoms with E-state index in [0.29, 0.717) is 35.7 Å². The van der Waals surface area contributed by atoms with Crippen LogP contribution in [0, 0.1) is 18.3 Å². The molecule has 0 saturated heterocycles. The number of hydrogen-bond acceptors (Lipinski definition) is 7. The maximum absolute atomic E-state index is 11.8. The van der Waals surface area contributed by atoms with Crippen LogP contribution in [0.5, 0.6) is 11.5 Å². The van der Waals surface area contributed by atoms with E-state index in [-0.39, 0.29) is 11.6 Å². The molecular weight excluding hydrogens is 480 g/mol. The Kier molecular flexibility index (Phi) is 5.76. The Balaban J connectivity index is 1.49. The monoisotopic (exact) mass is 506 g/mol. The summed E-state index contributed by atoms with van der Waals surface area (Å²) in [6, 6.07) is 18.8. The first kappa shape index (κ1) is 23.6. The highest BCUT2D eigenvalue weighted by Gasteiger charge is 2.28. The third-order valence-electron chi connectivity index (χ3n) is 7.12. The second-order valence-corrected chi connectivity index (χ2v) is 9.64. The first-order valence-corrected chi connectivity index (χ1v) is 12.6. The number of carbonyl (C=O) groups is 1. The van der Waals surface area contributed by atoms with Gasteiger partial charge in [0.05, 0.1) is 24.2 Å². The van der Waals surface area contributed by atoms with Crippen LogP contribution in [0.3, 0.4) is 0 Å². The maximum atomic E-state index is 11.8. The van der Waals surface area contributed by atoms with Crippen LogP contribution in [0.2, 0.25) is 0 Å². The van der Waals surface area contributed by atoms with Gasteiger partial charge in [0, 0.05) is 22.7 Å². The van der Waals surface area contributed by atoms with Gasteiger partial charge in [0.25, 0.3) is 0 Å². The lowest BCUT2D eigenvalue weighted by molar-refractivity contribution is 0.0698. The predicted octanol–water partition coefficient (Wildman–Crippen LogP) is 5.54. The molecular formula is C30H26N4O4. The minimum absolute atomic E-state index is 0.207. The van der Waals surface area contributed by atoms with E-state index >= 15 is 0 Å². The molecule has 0 saturated carbocycles. The predicted molar refractivity (Wildman–Crippen MR) is 145 cm³/mol. The lowest BCUT2D eigenvalue weighted by Gasteiger charge is -2.36. The van der Waals surface area contributed by atoms with Gasteiger partial charge in [-0.25, -0.2) is 9.78 Å². The zero-order valence-electron chi connectivity index (χ0n) is 21.1. The van der Waals surface area contributed by atoms with Crippen LogP contribution in [0.4, 0.5) is 11.4 Å². The molecule has 0 fully saturated rings.